The van der Waals surface area contributed by atoms with Crippen LogP contribution in [-0.4, -0.2) is 24.4 Å². The molecule has 2 heteroatoms. The summed E-state index contributed by atoms with van der Waals surface area (Å²) >= 11 is 0. The van der Waals surface area contributed by atoms with Gasteiger partial charge in [-0.3, -0.25) is 4.79 Å². The summed E-state index contributed by atoms with van der Waals surface area (Å²) in [5.41, 5.74) is 0. The summed E-state index contributed by atoms with van der Waals surface area (Å²) in [6.07, 6.45) is 5.02. The third-order valence-electron chi connectivity index (χ3n) is 1.20. The largest absolute Gasteiger partial charge is 0.334 e. The lowest BCUT2D eigenvalue weighted by molar-refractivity contribution is -0.132. The van der Waals surface area contributed by atoms with E-state index in [1.807, 2.05) is 13.8 Å². The van der Waals surface area contributed by atoms with Crippen LogP contribution in [0.1, 0.15) is 13.8 Å². The van der Waals surface area contributed by atoms with E-state index in [4.69, 9.17) is 6.42 Å². The van der Waals surface area contributed by atoms with Crippen LogP contribution in [0.25, 0.3) is 0 Å². The van der Waals surface area contributed by atoms with Crippen LogP contribution in [0.3, 0.4) is 0 Å². The van der Waals surface area contributed by atoms with E-state index in [1.165, 1.54) is 0 Å². The summed E-state index contributed by atoms with van der Waals surface area (Å²) in [6, 6.07) is 0. The number of carbonyl (C=O) groups excluding carboxylic acids is 1. The van der Waals surface area contributed by atoms with Gasteiger partial charge in [-0.2, -0.15) is 0 Å². The maximum absolute atomic E-state index is 11.1. The van der Waals surface area contributed by atoms with Gasteiger partial charge in [0.1, 0.15) is 0 Å². The van der Waals surface area contributed by atoms with E-state index in [1.54, 1.807) is 11.9 Å². The van der Waals surface area contributed by atoms with E-state index < -0.39 is 0 Å². The predicted molar refractivity (Wildman–Crippen MR) is 41.3 cm³/mol. The fourth-order valence-electron chi connectivity index (χ4n) is 0.656. The molecule has 0 atom stereocenters. The minimum Gasteiger partial charge on any atom is -0.334 e. The van der Waals surface area contributed by atoms with Gasteiger partial charge in [0, 0.05) is 13.0 Å². The highest BCUT2D eigenvalue weighted by Gasteiger charge is 2.10. The SMILES string of the molecule is C#CCN(C)C(=O)C(C)C. The molecule has 56 valence electrons. The van der Waals surface area contributed by atoms with Crippen LogP contribution in [0.15, 0.2) is 0 Å². The Labute approximate surface area is 62.2 Å². The Morgan fingerprint density at radius 2 is 2.20 bits per heavy atom. The monoisotopic (exact) mass is 139 g/mol. The van der Waals surface area contributed by atoms with Crippen LogP contribution in [0.5, 0.6) is 0 Å². The Balaban J connectivity index is 3.85. The van der Waals surface area contributed by atoms with E-state index in [-0.39, 0.29) is 11.8 Å². The molecule has 2 nitrogen and oxygen atoms in total. The van der Waals surface area contributed by atoms with E-state index in [0.29, 0.717) is 6.54 Å². The Morgan fingerprint density at radius 1 is 1.70 bits per heavy atom. The zero-order chi connectivity index (χ0) is 8.15. The van der Waals surface area contributed by atoms with Crippen molar-refractivity contribution in [3.63, 3.8) is 0 Å². The molecular formula is C8H13NO. The molecule has 0 aromatic rings. The van der Waals surface area contributed by atoms with Crippen molar-refractivity contribution in [1.82, 2.24) is 4.90 Å². The molecule has 10 heavy (non-hydrogen) atoms. The number of rotatable bonds is 2. The number of hydrogen-bond acceptors (Lipinski definition) is 1. The summed E-state index contributed by atoms with van der Waals surface area (Å²) < 4.78 is 0. The number of nitrogens with zero attached hydrogens (tertiary/aromatic N) is 1. The molecule has 0 fully saturated rings. The summed E-state index contributed by atoms with van der Waals surface area (Å²) in [5.74, 6) is 2.54. The molecule has 0 N–H and O–H groups in total. The van der Waals surface area contributed by atoms with Gasteiger partial charge in [-0.15, -0.1) is 6.42 Å². The molecular weight excluding hydrogens is 126 g/mol. The summed E-state index contributed by atoms with van der Waals surface area (Å²) in [5, 5.41) is 0. The van der Waals surface area contributed by atoms with E-state index in [9.17, 15) is 4.79 Å². The van der Waals surface area contributed by atoms with Crippen LogP contribution < -0.4 is 0 Å². The second-order valence-corrected chi connectivity index (χ2v) is 2.55. The van der Waals surface area contributed by atoms with Crippen molar-refractivity contribution in [2.75, 3.05) is 13.6 Å². The maximum Gasteiger partial charge on any atom is 0.225 e. The van der Waals surface area contributed by atoms with E-state index >= 15 is 0 Å². The molecule has 0 radical (unpaired) electrons. The smallest absolute Gasteiger partial charge is 0.225 e. The lowest BCUT2D eigenvalue weighted by atomic mass is 10.2. The van der Waals surface area contributed by atoms with Crippen LogP contribution >= 0.6 is 0 Å². The molecule has 0 aliphatic rings. The second-order valence-electron chi connectivity index (χ2n) is 2.55. The fourth-order valence-corrected chi connectivity index (χ4v) is 0.656. The first kappa shape index (κ1) is 9.03. The molecule has 0 unspecified atom stereocenters. The molecule has 0 bridgehead atoms. The predicted octanol–water partition coefficient (Wildman–Crippen LogP) is 0.734. The topological polar surface area (TPSA) is 20.3 Å². The van der Waals surface area contributed by atoms with Gasteiger partial charge in [0.15, 0.2) is 0 Å². The van der Waals surface area contributed by atoms with Gasteiger partial charge in [-0.1, -0.05) is 19.8 Å². The van der Waals surface area contributed by atoms with Crippen molar-refractivity contribution in [1.29, 1.82) is 0 Å². The Hall–Kier alpha value is -0.970. The highest BCUT2D eigenvalue weighted by atomic mass is 16.2. The van der Waals surface area contributed by atoms with Gasteiger partial charge in [-0.05, 0) is 0 Å². The van der Waals surface area contributed by atoms with Gasteiger partial charge in [-0.25, -0.2) is 0 Å². The fraction of sp³-hybridized carbons (Fsp3) is 0.625. The quantitative estimate of drug-likeness (QED) is 0.516. The highest BCUT2D eigenvalue weighted by molar-refractivity contribution is 5.78. The molecule has 0 spiro atoms. The molecule has 1 amide bonds. The molecule has 0 aromatic carbocycles. The summed E-state index contributed by atoms with van der Waals surface area (Å²) in [4.78, 5) is 12.6. The first-order valence-electron chi connectivity index (χ1n) is 3.28. The van der Waals surface area contributed by atoms with Gasteiger partial charge < -0.3 is 4.90 Å². The molecule has 0 saturated carbocycles. The van der Waals surface area contributed by atoms with Crippen molar-refractivity contribution in [3.8, 4) is 12.3 Å². The first-order chi connectivity index (χ1) is 4.59. The van der Waals surface area contributed by atoms with Gasteiger partial charge in [0.2, 0.25) is 5.91 Å². The Morgan fingerprint density at radius 3 is 2.50 bits per heavy atom. The van der Waals surface area contributed by atoms with Crippen LogP contribution in [0, 0.1) is 18.3 Å². The van der Waals surface area contributed by atoms with Crippen molar-refractivity contribution >= 4 is 5.91 Å². The zero-order valence-corrected chi connectivity index (χ0v) is 6.72. The normalized spacial score (nSPS) is 9.10. The van der Waals surface area contributed by atoms with Crippen LogP contribution in [-0.2, 0) is 4.79 Å². The van der Waals surface area contributed by atoms with Gasteiger partial charge in [0.05, 0.1) is 6.54 Å². The Kier molecular flexibility index (Phi) is 3.56. The van der Waals surface area contributed by atoms with Crippen molar-refractivity contribution in [3.05, 3.63) is 0 Å². The lowest BCUT2D eigenvalue weighted by Gasteiger charge is -2.15. The highest BCUT2D eigenvalue weighted by Crippen LogP contribution is 1.96. The van der Waals surface area contributed by atoms with Crippen molar-refractivity contribution in [2.45, 2.75) is 13.8 Å². The second kappa shape index (κ2) is 3.94. The summed E-state index contributed by atoms with van der Waals surface area (Å²) in [6.45, 7) is 4.11. The molecule has 0 heterocycles. The lowest BCUT2D eigenvalue weighted by Crippen LogP contribution is -2.30. The first-order valence-corrected chi connectivity index (χ1v) is 3.28. The molecule has 0 aromatic heterocycles. The number of terminal acetylenes is 1. The third kappa shape index (κ3) is 2.54. The van der Waals surface area contributed by atoms with E-state index in [0.717, 1.165) is 0 Å². The minimum atomic E-state index is 0.0401. The Bertz CT molecular complexity index is 155. The van der Waals surface area contributed by atoms with Crippen molar-refractivity contribution < 1.29 is 4.79 Å². The molecule has 0 saturated heterocycles. The average molecular weight is 139 g/mol. The number of carbonyl (C=O) groups is 1. The molecule has 0 rings (SSSR count). The van der Waals surface area contributed by atoms with E-state index in [2.05, 4.69) is 5.92 Å². The minimum absolute atomic E-state index is 0.0401. The van der Waals surface area contributed by atoms with Gasteiger partial charge in [0.25, 0.3) is 0 Å². The average Bonchev–Trinajstić information content (AvgIpc) is 1.87. The third-order valence-corrected chi connectivity index (χ3v) is 1.20. The van der Waals surface area contributed by atoms with Crippen LogP contribution in [0.2, 0.25) is 0 Å². The van der Waals surface area contributed by atoms with Crippen molar-refractivity contribution in [2.24, 2.45) is 5.92 Å². The molecule has 0 aliphatic heterocycles. The number of amides is 1. The summed E-state index contributed by atoms with van der Waals surface area (Å²) in [7, 11) is 1.71. The zero-order valence-electron chi connectivity index (χ0n) is 6.72. The maximum atomic E-state index is 11.1. The van der Waals surface area contributed by atoms with Crippen LogP contribution in [0.4, 0.5) is 0 Å². The molecule has 0 aliphatic carbocycles. The van der Waals surface area contributed by atoms with Gasteiger partial charge >= 0.3 is 0 Å². The standard InChI is InChI=1S/C8H13NO/c1-5-6-9(4)8(10)7(2)3/h1,7H,6H2,2-4H3. The number of hydrogen-bond donors (Lipinski definition) is 0.